The van der Waals surface area contributed by atoms with Crippen LogP contribution in [-0.2, 0) is 4.74 Å². The molecule has 2 aliphatic rings. The topological polar surface area (TPSA) is 27.7 Å². The number of nitrogens with zero attached hydrogens (tertiary/aromatic N) is 2. The van der Waals surface area contributed by atoms with Gasteiger partial charge < -0.3 is 15.0 Å². The van der Waals surface area contributed by atoms with Crippen molar-refractivity contribution in [3.8, 4) is 0 Å². The van der Waals surface area contributed by atoms with Gasteiger partial charge in [0.05, 0.1) is 6.10 Å². The maximum absolute atomic E-state index is 5.87. The third-order valence-electron chi connectivity index (χ3n) is 5.24. The van der Waals surface area contributed by atoms with E-state index >= 15 is 0 Å². The summed E-state index contributed by atoms with van der Waals surface area (Å²) in [6.45, 7) is 16.0. The molecule has 2 unspecified atom stereocenters. The quantitative estimate of drug-likeness (QED) is 0.837. The summed E-state index contributed by atoms with van der Waals surface area (Å²) in [5, 5.41) is 3.82. The van der Waals surface area contributed by atoms with Gasteiger partial charge in [-0.05, 0) is 39.7 Å². The van der Waals surface area contributed by atoms with Gasteiger partial charge in [0.1, 0.15) is 0 Å². The van der Waals surface area contributed by atoms with E-state index in [0.717, 1.165) is 26.0 Å². The van der Waals surface area contributed by atoms with E-state index in [2.05, 4.69) is 49.9 Å². The zero-order valence-corrected chi connectivity index (χ0v) is 14.7. The van der Waals surface area contributed by atoms with Crippen molar-refractivity contribution in [1.29, 1.82) is 0 Å². The van der Waals surface area contributed by atoms with Crippen LogP contribution in [0.3, 0.4) is 0 Å². The van der Waals surface area contributed by atoms with Gasteiger partial charge in [0, 0.05) is 50.9 Å². The molecule has 1 N–H and O–H groups in total. The molecule has 124 valence electrons. The first kappa shape index (κ1) is 17.2. The van der Waals surface area contributed by atoms with Crippen molar-refractivity contribution in [2.24, 2.45) is 5.92 Å². The van der Waals surface area contributed by atoms with Gasteiger partial charge in [0.15, 0.2) is 0 Å². The molecule has 2 aliphatic heterocycles. The minimum Gasteiger partial charge on any atom is -0.378 e. The predicted molar refractivity (Wildman–Crippen MR) is 88.8 cm³/mol. The SMILES string of the molecule is CC(C)C1CC(NCC(C)(C)N2CCN(C)CC2)CCO1. The number of ether oxygens (including phenoxy) is 1. The lowest BCUT2D eigenvalue weighted by Gasteiger charge is -2.44. The number of hydrogen-bond acceptors (Lipinski definition) is 4. The Bertz CT molecular complexity index is 311. The maximum Gasteiger partial charge on any atom is 0.0612 e. The van der Waals surface area contributed by atoms with Crippen molar-refractivity contribution in [3.05, 3.63) is 0 Å². The van der Waals surface area contributed by atoms with E-state index < -0.39 is 0 Å². The number of likely N-dealkylation sites (N-methyl/N-ethyl adjacent to an activating group) is 1. The largest absolute Gasteiger partial charge is 0.378 e. The third-order valence-corrected chi connectivity index (χ3v) is 5.24. The van der Waals surface area contributed by atoms with Crippen LogP contribution in [0.15, 0.2) is 0 Å². The number of piperazine rings is 1. The van der Waals surface area contributed by atoms with Gasteiger partial charge in [-0.2, -0.15) is 0 Å². The summed E-state index contributed by atoms with van der Waals surface area (Å²) >= 11 is 0. The molecule has 2 atom stereocenters. The Morgan fingerprint density at radius 2 is 1.86 bits per heavy atom. The summed E-state index contributed by atoms with van der Waals surface area (Å²) in [5.41, 5.74) is 0.243. The molecule has 0 aromatic rings. The van der Waals surface area contributed by atoms with Crippen LogP contribution in [0.1, 0.15) is 40.5 Å². The summed E-state index contributed by atoms with van der Waals surface area (Å²) in [6, 6.07) is 0.623. The van der Waals surface area contributed by atoms with Crippen LogP contribution in [0, 0.1) is 5.92 Å². The molecule has 0 saturated carbocycles. The Balaban J connectivity index is 1.78. The summed E-state index contributed by atoms with van der Waals surface area (Å²) in [4.78, 5) is 5.06. The Hall–Kier alpha value is -0.160. The average molecular weight is 297 g/mol. The second kappa shape index (κ2) is 7.40. The third kappa shape index (κ3) is 4.92. The van der Waals surface area contributed by atoms with Gasteiger partial charge in [-0.25, -0.2) is 0 Å². The number of nitrogens with one attached hydrogen (secondary N) is 1. The average Bonchev–Trinajstić information content (AvgIpc) is 2.46. The van der Waals surface area contributed by atoms with Crippen molar-refractivity contribution < 1.29 is 4.74 Å². The molecule has 2 saturated heterocycles. The zero-order chi connectivity index (χ0) is 15.5. The molecule has 2 heterocycles. The molecule has 0 aliphatic carbocycles. The Labute approximate surface area is 131 Å². The second-order valence-electron chi connectivity index (χ2n) is 7.86. The zero-order valence-electron chi connectivity index (χ0n) is 14.7. The van der Waals surface area contributed by atoms with Crippen LogP contribution in [0.2, 0.25) is 0 Å². The lowest BCUT2D eigenvalue weighted by atomic mass is 9.94. The molecular formula is C17H35N3O. The minimum atomic E-state index is 0.243. The second-order valence-corrected chi connectivity index (χ2v) is 7.86. The fraction of sp³-hybridized carbons (Fsp3) is 1.00. The standard InChI is InChI=1S/C17H35N3O/c1-14(2)16-12-15(6-11-21-16)18-13-17(3,4)20-9-7-19(5)8-10-20/h14-16,18H,6-13H2,1-5H3. The molecule has 4 heteroatoms. The molecule has 0 bridgehead atoms. The summed E-state index contributed by atoms with van der Waals surface area (Å²) in [6.07, 6.45) is 2.75. The van der Waals surface area contributed by atoms with Crippen LogP contribution in [0.4, 0.5) is 0 Å². The van der Waals surface area contributed by atoms with Crippen LogP contribution in [-0.4, -0.2) is 73.9 Å². The number of hydrogen-bond donors (Lipinski definition) is 1. The van der Waals surface area contributed by atoms with Crippen molar-refractivity contribution in [2.75, 3.05) is 46.4 Å². The Kier molecular flexibility index (Phi) is 6.06. The van der Waals surface area contributed by atoms with Crippen LogP contribution in [0.5, 0.6) is 0 Å². The fourth-order valence-corrected chi connectivity index (χ4v) is 3.40. The summed E-state index contributed by atoms with van der Waals surface area (Å²) in [5.74, 6) is 0.625. The van der Waals surface area contributed by atoms with Crippen molar-refractivity contribution >= 4 is 0 Å². The molecule has 21 heavy (non-hydrogen) atoms. The van der Waals surface area contributed by atoms with E-state index in [4.69, 9.17) is 4.74 Å². The van der Waals surface area contributed by atoms with Gasteiger partial charge in [0.25, 0.3) is 0 Å². The molecule has 0 spiro atoms. The smallest absolute Gasteiger partial charge is 0.0612 e. The highest BCUT2D eigenvalue weighted by molar-refractivity contribution is 4.89. The lowest BCUT2D eigenvalue weighted by molar-refractivity contribution is -0.0272. The first-order valence-electron chi connectivity index (χ1n) is 8.67. The summed E-state index contributed by atoms with van der Waals surface area (Å²) in [7, 11) is 2.22. The highest BCUT2D eigenvalue weighted by atomic mass is 16.5. The Morgan fingerprint density at radius 1 is 1.19 bits per heavy atom. The van der Waals surface area contributed by atoms with E-state index in [1.54, 1.807) is 0 Å². The lowest BCUT2D eigenvalue weighted by Crippen LogP contribution is -2.58. The molecule has 2 rings (SSSR count). The van der Waals surface area contributed by atoms with Crippen LogP contribution >= 0.6 is 0 Å². The molecule has 0 amide bonds. The first-order chi connectivity index (χ1) is 9.88. The molecule has 4 nitrogen and oxygen atoms in total. The van der Waals surface area contributed by atoms with Gasteiger partial charge in [0.2, 0.25) is 0 Å². The Morgan fingerprint density at radius 3 is 2.48 bits per heavy atom. The fourth-order valence-electron chi connectivity index (χ4n) is 3.40. The monoisotopic (exact) mass is 297 g/mol. The van der Waals surface area contributed by atoms with E-state index in [0.29, 0.717) is 18.1 Å². The van der Waals surface area contributed by atoms with Crippen molar-refractivity contribution in [3.63, 3.8) is 0 Å². The normalized spacial score (nSPS) is 30.0. The van der Waals surface area contributed by atoms with Crippen molar-refractivity contribution in [1.82, 2.24) is 15.1 Å². The number of rotatable bonds is 5. The van der Waals surface area contributed by atoms with E-state index in [1.807, 2.05) is 0 Å². The summed E-state index contributed by atoms with van der Waals surface area (Å²) < 4.78 is 5.87. The highest BCUT2D eigenvalue weighted by Gasteiger charge is 2.31. The maximum atomic E-state index is 5.87. The van der Waals surface area contributed by atoms with E-state index in [-0.39, 0.29) is 5.54 Å². The van der Waals surface area contributed by atoms with E-state index in [1.165, 1.54) is 26.2 Å². The molecule has 0 aromatic carbocycles. The highest BCUT2D eigenvalue weighted by Crippen LogP contribution is 2.22. The molecular weight excluding hydrogens is 262 g/mol. The van der Waals surface area contributed by atoms with Crippen LogP contribution < -0.4 is 5.32 Å². The van der Waals surface area contributed by atoms with E-state index in [9.17, 15) is 0 Å². The van der Waals surface area contributed by atoms with Gasteiger partial charge >= 0.3 is 0 Å². The molecule has 2 fully saturated rings. The van der Waals surface area contributed by atoms with Gasteiger partial charge in [-0.1, -0.05) is 13.8 Å². The molecule has 0 aromatic heterocycles. The molecule has 0 radical (unpaired) electrons. The first-order valence-corrected chi connectivity index (χ1v) is 8.67. The van der Waals surface area contributed by atoms with Gasteiger partial charge in [-0.3, -0.25) is 4.90 Å². The van der Waals surface area contributed by atoms with Crippen molar-refractivity contribution in [2.45, 2.75) is 58.2 Å². The van der Waals surface area contributed by atoms with Crippen LogP contribution in [0.25, 0.3) is 0 Å². The van der Waals surface area contributed by atoms with Gasteiger partial charge in [-0.15, -0.1) is 0 Å². The minimum absolute atomic E-state index is 0.243. The predicted octanol–water partition coefficient (Wildman–Crippen LogP) is 1.81.